The highest BCUT2D eigenvalue weighted by Crippen LogP contribution is 2.15. The largest absolute Gasteiger partial charge is 0.520 e. The number of rotatable bonds is 3. The van der Waals surface area contributed by atoms with Gasteiger partial charge in [0.25, 0.3) is 0 Å². The van der Waals surface area contributed by atoms with Gasteiger partial charge in [0.1, 0.15) is 0 Å². The second-order valence-corrected chi connectivity index (χ2v) is 5.81. The summed E-state index contributed by atoms with van der Waals surface area (Å²) in [4.78, 5) is 13.4. The van der Waals surface area contributed by atoms with Crippen LogP contribution in [0.5, 0.6) is 0 Å². The van der Waals surface area contributed by atoms with E-state index in [-0.39, 0.29) is 7.12 Å². The molecular weight excluding hydrogens is 275 g/mol. The Balaban J connectivity index is 2.25. The molecule has 3 heterocycles. The summed E-state index contributed by atoms with van der Waals surface area (Å²) in [5, 5.41) is 0. The zero-order valence-electron chi connectivity index (χ0n) is 14.0. The van der Waals surface area contributed by atoms with Gasteiger partial charge in [0.2, 0.25) is 0 Å². The predicted molar refractivity (Wildman–Crippen MR) is 87.1 cm³/mol. The first-order valence-corrected chi connectivity index (χ1v) is 7.42. The summed E-state index contributed by atoms with van der Waals surface area (Å²) in [6.07, 6.45) is 5.66. The minimum atomic E-state index is -0.0800. The Morgan fingerprint density at radius 3 is 1.05 bits per heavy atom. The van der Waals surface area contributed by atoms with Crippen molar-refractivity contribution in [2.75, 3.05) is 0 Å². The third-order valence-corrected chi connectivity index (χ3v) is 4.61. The molecule has 0 atom stereocenters. The highest BCUT2D eigenvalue weighted by atomic mass is 15.2. The number of aromatic nitrogens is 6. The molecule has 22 heavy (non-hydrogen) atoms. The van der Waals surface area contributed by atoms with Crippen molar-refractivity contribution in [3.8, 4) is 0 Å². The minimum Gasteiger partial charge on any atom is -0.338 e. The lowest BCUT2D eigenvalue weighted by Gasteiger charge is -2.21. The van der Waals surface area contributed by atoms with Gasteiger partial charge in [0, 0.05) is 17.1 Å². The van der Waals surface area contributed by atoms with E-state index in [1.165, 1.54) is 0 Å². The van der Waals surface area contributed by atoms with Crippen LogP contribution in [-0.4, -0.2) is 35.5 Å². The van der Waals surface area contributed by atoms with Crippen LogP contribution in [0.2, 0.25) is 0 Å². The minimum absolute atomic E-state index is 0.0800. The topological polar surface area (TPSA) is 53.5 Å². The maximum atomic E-state index is 4.46. The first-order chi connectivity index (χ1) is 10.4. The SMILES string of the molecule is Cc1ncn(B(n2cnc(C)c2C)n2cnc(C)c2C)c1C. The molecule has 0 aliphatic carbocycles. The molecular formula is C15H21BN6. The summed E-state index contributed by atoms with van der Waals surface area (Å²) in [7, 11) is -0.0800. The fourth-order valence-electron chi connectivity index (χ4n) is 2.65. The molecule has 0 fully saturated rings. The van der Waals surface area contributed by atoms with Crippen molar-refractivity contribution in [3.05, 3.63) is 53.1 Å². The van der Waals surface area contributed by atoms with Gasteiger partial charge >= 0.3 is 7.12 Å². The molecule has 0 aliphatic heterocycles. The summed E-state index contributed by atoms with van der Waals surface area (Å²) in [5.41, 5.74) is 6.53. The van der Waals surface area contributed by atoms with Crippen LogP contribution < -0.4 is 0 Å². The smallest absolute Gasteiger partial charge is 0.338 e. The van der Waals surface area contributed by atoms with Crippen molar-refractivity contribution >= 4 is 7.12 Å². The van der Waals surface area contributed by atoms with Gasteiger partial charge in [-0.05, 0) is 41.5 Å². The van der Waals surface area contributed by atoms with Gasteiger partial charge in [-0.1, -0.05) is 0 Å². The van der Waals surface area contributed by atoms with Crippen molar-refractivity contribution in [1.29, 1.82) is 0 Å². The third kappa shape index (κ3) is 2.08. The van der Waals surface area contributed by atoms with E-state index in [0.29, 0.717) is 0 Å². The zero-order valence-corrected chi connectivity index (χ0v) is 14.0. The second-order valence-electron chi connectivity index (χ2n) is 5.81. The molecule has 0 N–H and O–H groups in total. The van der Waals surface area contributed by atoms with E-state index >= 15 is 0 Å². The lowest BCUT2D eigenvalue weighted by atomic mass is 9.89. The van der Waals surface area contributed by atoms with Gasteiger partial charge in [0.15, 0.2) is 0 Å². The van der Waals surface area contributed by atoms with E-state index in [1.54, 1.807) is 0 Å². The van der Waals surface area contributed by atoms with Gasteiger partial charge in [-0.25, -0.2) is 15.0 Å². The molecule has 6 nitrogen and oxygen atoms in total. The van der Waals surface area contributed by atoms with Crippen molar-refractivity contribution in [2.45, 2.75) is 41.5 Å². The van der Waals surface area contributed by atoms with E-state index in [1.807, 2.05) is 39.8 Å². The monoisotopic (exact) mass is 296 g/mol. The van der Waals surface area contributed by atoms with Crippen LogP contribution in [0.1, 0.15) is 34.2 Å². The van der Waals surface area contributed by atoms with Crippen molar-refractivity contribution in [1.82, 2.24) is 28.4 Å². The fourth-order valence-corrected chi connectivity index (χ4v) is 2.65. The van der Waals surface area contributed by atoms with Crippen LogP contribution in [0.25, 0.3) is 0 Å². The third-order valence-electron chi connectivity index (χ3n) is 4.61. The average molecular weight is 296 g/mol. The molecule has 0 radical (unpaired) electrons. The summed E-state index contributed by atoms with van der Waals surface area (Å²) < 4.78 is 6.49. The van der Waals surface area contributed by atoms with E-state index < -0.39 is 0 Å². The normalized spacial score (nSPS) is 11.2. The van der Waals surface area contributed by atoms with Gasteiger partial charge < -0.3 is 13.4 Å². The quantitative estimate of drug-likeness (QED) is 0.695. The van der Waals surface area contributed by atoms with Crippen molar-refractivity contribution < 1.29 is 0 Å². The second kappa shape index (κ2) is 5.16. The summed E-state index contributed by atoms with van der Waals surface area (Å²) in [6.45, 7) is 12.4. The van der Waals surface area contributed by atoms with Gasteiger partial charge in [-0.3, -0.25) is 0 Å². The molecule has 0 saturated carbocycles. The Morgan fingerprint density at radius 1 is 0.591 bits per heavy atom. The number of aryl methyl sites for hydroxylation is 3. The lowest BCUT2D eigenvalue weighted by Crippen LogP contribution is -2.42. The molecule has 0 spiro atoms. The van der Waals surface area contributed by atoms with Gasteiger partial charge in [0.05, 0.1) is 36.1 Å². The van der Waals surface area contributed by atoms with Crippen molar-refractivity contribution in [3.63, 3.8) is 0 Å². The Bertz CT molecular complexity index is 715. The first kappa shape index (κ1) is 14.6. The van der Waals surface area contributed by atoms with Crippen LogP contribution in [-0.2, 0) is 0 Å². The highest BCUT2D eigenvalue weighted by molar-refractivity contribution is 6.54. The predicted octanol–water partition coefficient (Wildman–Crippen LogP) is 2.06. The molecule has 0 amide bonds. The molecule has 0 aliphatic rings. The molecule has 0 aromatic carbocycles. The van der Waals surface area contributed by atoms with E-state index in [9.17, 15) is 0 Å². The fraction of sp³-hybridized carbons (Fsp3) is 0.400. The van der Waals surface area contributed by atoms with E-state index in [2.05, 4.69) is 49.2 Å². The molecule has 0 bridgehead atoms. The summed E-state index contributed by atoms with van der Waals surface area (Å²) in [6, 6.07) is 0. The van der Waals surface area contributed by atoms with Crippen LogP contribution in [0.4, 0.5) is 0 Å². The number of nitrogens with zero attached hydrogens (tertiary/aromatic N) is 6. The Hall–Kier alpha value is -2.31. The van der Waals surface area contributed by atoms with E-state index in [4.69, 9.17) is 0 Å². The first-order valence-electron chi connectivity index (χ1n) is 7.42. The lowest BCUT2D eigenvalue weighted by molar-refractivity contribution is 0.893. The standard InChI is InChI=1S/C15H21BN6/c1-10-13(4)20(7-17-10)16(21-8-18-11(2)14(21)5)22-9-19-12(3)15(22)6/h7-9H,1-6H3. The Morgan fingerprint density at radius 2 is 0.864 bits per heavy atom. The Labute approximate surface area is 131 Å². The van der Waals surface area contributed by atoms with Crippen LogP contribution >= 0.6 is 0 Å². The van der Waals surface area contributed by atoms with Gasteiger partial charge in [-0.2, -0.15) is 0 Å². The Kier molecular flexibility index (Phi) is 3.43. The van der Waals surface area contributed by atoms with Crippen molar-refractivity contribution in [2.24, 2.45) is 0 Å². The molecule has 3 rings (SSSR count). The molecule has 114 valence electrons. The zero-order chi connectivity index (χ0) is 16.0. The summed E-state index contributed by atoms with van der Waals surface area (Å²) in [5.74, 6) is 0. The molecule has 0 saturated heterocycles. The van der Waals surface area contributed by atoms with E-state index in [0.717, 1.165) is 34.2 Å². The molecule has 0 unspecified atom stereocenters. The molecule has 7 heteroatoms. The van der Waals surface area contributed by atoms with Gasteiger partial charge in [-0.15, -0.1) is 0 Å². The number of hydrogen-bond acceptors (Lipinski definition) is 3. The highest BCUT2D eigenvalue weighted by Gasteiger charge is 2.29. The maximum absolute atomic E-state index is 4.46. The molecule has 3 aromatic heterocycles. The number of imidazole rings is 3. The molecule has 3 aromatic rings. The van der Waals surface area contributed by atoms with Crippen LogP contribution in [0, 0.1) is 41.5 Å². The maximum Gasteiger partial charge on any atom is 0.520 e. The van der Waals surface area contributed by atoms with Crippen LogP contribution in [0.15, 0.2) is 19.0 Å². The summed E-state index contributed by atoms with van der Waals surface area (Å²) >= 11 is 0. The number of hydrogen-bond donors (Lipinski definition) is 0. The average Bonchev–Trinajstić information content (AvgIpc) is 3.10. The van der Waals surface area contributed by atoms with Crippen LogP contribution in [0.3, 0.4) is 0 Å².